The van der Waals surface area contributed by atoms with Crippen molar-refractivity contribution in [2.45, 2.75) is 19.4 Å². The molecule has 0 aromatic rings. The van der Waals surface area contributed by atoms with E-state index in [1.807, 2.05) is 0 Å². The van der Waals surface area contributed by atoms with Gasteiger partial charge in [-0.2, -0.15) is 0 Å². The molecule has 0 unspecified atom stereocenters. The summed E-state index contributed by atoms with van der Waals surface area (Å²) in [5, 5.41) is 2.57. The summed E-state index contributed by atoms with van der Waals surface area (Å²) in [4.78, 5) is 24.1. The minimum atomic E-state index is -0.390. The van der Waals surface area contributed by atoms with E-state index in [2.05, 4.69) is 5.32 Å². The van der Waals surface area contributed by atoms with Gasteiger partial charge in [-0.15, -0.1) is 0 Å². The van der Waals surface area contributed by atoms with Gasteiger partial charge in [0.2, 0.25) is 11.8 Å². The summed E-state index contributed by atoms with van der Waals surface area (Å²) in [6.07, 6.45) is 0.742. The Morgan fingerprint density at radius 1 is 1.62 bits per heavy atom. The van der Waals surface area contributed by atoms with E-state index < -0.39 is 0 Å². The summed E-state index contributed by atoms with van der Waals surface area (Å²) in [7, 11) is 0. The maximum absolute atomic E-state index is 11.4. The van der Waals surface area contributed by atoms with E-state index in [4.69, 9.17) is 5.73 Å². The topological polar surface area (TPSA) is 75.4 Å². The molecule has 5 nitrogen and oxygen atoms in total. The molecule has 0 aromatic heterocycles. The van der Waals surface area contributed by atoms with Crippen LogP contribution < -0.4 is 11.1 Å². The number of amides is 2. The van der Waals surface area contributed by atoms with Crippen LogP contribution in [-0.2, 0) is 9.59 Å². The minimum absolute atomic E-state index is 0.0203. The van der Waals surface area contributed by atoms with Crippen molar-refractivity contribution in [1.29, 1.82) is 0 Å². The third-order valence-electron chi connectivity index (χ3n) is 2.03. The Kier molecular flexibility index (Phi) is 3.25. The van der Waals surface area contributed by atoms with E-state index in [0.717, 1.165) is 6.42 Å². The van der Waals surface area contributed by atoms with Gasteiger partial charge in [0.05, 0.1) is 6.54 Å². The number of piperazine rings is 1. The van der Waals surface area contributed by atoms with Crippen molar-refractivity contribution in [3.05, 3.63) is 0 Å². The summed E-state index contributed by atoms with van der Waals surface area (Å²) < 4.78 is 0. The van der Waals surface area contributed by atoms with Crippen LogP contribution in [0.1, 0.15) is 13.3 Å². The van der Waals surface area contributed by atoms with Crippen molar-refractivity contribution in [3.63, 3.8) is 0 Å². The fraction of sp³-hybridized carbons (Fsp3) is 0.750. The molecule has 1 atom stereocenters. The molecule has 0 saturated carbocycles. The summed E-state index contributed by atoms with van der Waals surface area (Å²) in [6.45, 7) is 2.98. The normalized spacial score (nSPS) is 23.2. The highest BCUT2D eigenvalue weighted by molar-refractivity contribution is 5.94. The molecular weight excluding hydrogens is 170 g/mol. The van der Waals surface area contributed by atoms with Crippen LogP contribution in [0.5, 0.6) is 0 Å². The molecule has 2 amide bonds. The molecule has 0 aromatic carbocycles. The SMILES string of the molecule is C[C@@H]1NC(=O)CN(CCCN)C1=O. The van der Waals surface area contributed by atoms with Crippen molar-refractivity contribution in [2.75, 3.05) is 19.6 Å². The highest BCUT2D eigenvalue weighted by atomic mass is 16.2. The zero-order valence-corrected chi connectivity index (χ0v) is 7.75. The lowest BCUT2D eigenvalue weighted by molar-refractivity contribution is -0.143. The summed E-state index contributed by atoms with van der Waals surface area (Å²) in [5.74, 6) is -0.114. The van der Waals surface area contributed by atoms with Crippen LogP contribution in [0, 0.1) is 0 Å². The van der Waals surface area contributed by atoms with E-state index in [1.54, 1.807) is 11.8 Å². The molecule has 0 bridgehead atoms. The van der Waals surface area contributed by atoms with Gasteiger partial charge in [0.1, 0.15) is 6.04 Å². The van der Waals surface area contributed by atoms with Gasteiger partial charge in [0.25, 0.3) is 0 Å². The van der Waals surface area contributed by atoms with E-state index in [0.29, 0.717) is 13.1 Å². The molecule has 3 N–H and O–H groups in total. The Morgan fingerprint density at radius 2 is 2.31 bits per heavy atom. The molecule has 1 rings (SSSR count). The van der Waals surface area contributed by atoms with Crippen LogP contribution in [0.3, 0.4) is 0 Å². The van der Waals surface area contributed by atoms with Crippen molar-refractivity contribution in [1.82, 2.24) is 10.2 Å². The van der Waals surface area contributed by atoms with Crippen LogP contribution in [0.25, 0.3) is 0 Å². The molecule has 5 heteroatoms. The Morgan fingerprint density at radius 3 is 2.92 bits per heavy atom. The standard InChI is InChI=1S/C8H15N3O2/c1-6-8(13)11(4-2-3-9)5-7(12)10-6/h6H,2-5,9H2,1H3,(H,10,12)/t6-/m0/s1. The van der Waals surface area contributed by atoms with Gasteiger partial charge in [-0.1, -0.05) is 0 Å². The van der Waals surface area contributed by atoms with Gasteiger partial charge in [-0.05, 0) is 19.9 Å². The number of carbonyl (C=O) groups is 2. The van der Waals surface area contributed by atoms with Crippen LogP contribution in [0.15, 0.2) is 0 Å². The Hall–Kier alpha value is -1.10. The highest BCUT2D eigenvalue weighted by Crippen LogP contribution is 2.02. The smallest absolute Gasteiger partial charge is 0.245 e. The third kappa shape index (κ3) is 2.42. The summed E-state index contributed by atoms with van der Waals surface area (Å²) in [6, 6.07) is -0.390. The number of nitrogens with one attached hydrogen (secondary N) is 1. The van der Waals surface area contributed by atoms with Crippen LogP contribution in [0.4, 0.5) is 0 Å². The number of hydrogen-bond acceptors (Lipinski definition) is 3. The van der Waals surface area contributed by atoms with Gasteiger partial charge in [0, 0.05) is 6.54 Å². The van der Waals surface area contributed by atoms with Crippen molar-refractivity contribution >= 4 is 11.8 Å². The third-order valence-corrected chi connectivity index (χ3v) is 2.03. The van der Waals surface area contributed by atoms with Crippen molar-refractivity contribution in [2.24, 2.45) is 5.73 Å². The van der Waals surface area contributed by atoms with Gasteiger partial charge in [0.15, 0.2) is 0 Å². The molecule has 0 spiro atoms. The van der Waals surface area contributed by atoms with Gasteiger partial charge >= 0.3 is 0 Å². The van der Waals surface area contributed by atoms with E-state index in [-0.39, 0.29) is 24.4 Å². The maximum atomic E-state index is 11.4. The molecule has 1 heterocycles. The number of nitrogens with two attached hydrogens (primary N) is 1. The maximum Gasteiger partial charge on any atom is 0.245 e. The molecule has 1 aliphatic rings. The Balaban J connectivity index is 2.51. The van der Waals surface area contributed by atoms with Crippen molar-refractivity contribution < 1.29 is 9.59 Å². The number of hydrogen-bond donors (Lipinski definition) is 2. The number of nitrogens with zero attached hydrogens (tertiary/aromatic N) is 1. The summed E-state index contributed by atoms with van der Waals surface area (Å²) >= 11 is 0. The van der Waals surface area contributed by atoms with Crippen LogP contribution in [-0.4, -0.2) is 42.4 Å². The number of rotatable bonds is 3. The van der Waals surface area contributed by atoms with E-state index >= 15 is 0 Å². The van der Waals surface area contributed by atoms with E-state index in [1.165, 1.54) is 0 Å². The second-order valence-corrected chi connectivity index (χ2v) is 3.19. The van der Waals surface area contributed by atoms with Crippen LogP contribution >= 0.6 is 0 Å². The minimum Gasteiger partial charge on any atom is -0.343 e. The first kappa shape index (κ1) is 9.98. The largest absolute Gasteiger partial charge is 0.343 e. The lowest BCUT2D eigenvalue weighted by Gasteiger charge is -2.30. The molecule has 13 heavy (non-hydrogen) atoms. The molecular formula is C8H15N3O2. The second-order valence-electron chi connectivity index (χ2n) is 3.19. The molecule has 0 radical (unpaired) electrons. The lowest BCUT2D eigenvalue weighted by atomic mass is 10.2. The highest BCUT2D eigenvalue weighted by Gasteiger charge is 2.28. The average molecular weight is 185 g/mol. The zero-order chi connectivity index (χ0) is 9.84. The van der Waals surface area contributed by atoms with Crippen LogP contribution in [0.2, 0.25) is 0 Å². The molecule has 0 aliphatic carbocycles. The van der Waals surface area contributed by atoms with Gasteiger partial charge in [-0.25, -0.2) is 0 Å². The first-order valence-corrected chi connectivity index (χ1v) is 4.43. The monoisotopic (exact) mass is 185 g/mol. The van der Waals surface area contributed by atoms with E-state index in [9.17, 15) is 9.59 Å². The predicted octanol–water partition coefficient (Wildman–Crippen LogP) is -1.32. The quantitative estimate of drug-likeness (QED) is 0.572. The lowest BCUT2D eigenvalue weighted by Crippen LogP contribution is -2.57. The number of carbonyl (C=O) groups excluding carboxylic acids is 2. The molecule has 74 valence electrons. The second kappa shape index (κ2) is 4.23. The predicted molar refractivity (Wildman–Crippen MR) is 47.9 cm³/mol. The molecule has 1 saturated heterocycles. The Labute approximate surface area is 77.3 Å². The fourth-order valence-electron chi connectivity index (χ4n) is 1.35. The van der Waals surface area contributed by atoms with Gasteiger partial charge in [-0.3, -0.25) is 9.59 Å². The first-order valence-electron chi connectivity index (χ1n) is 4.43. The molecule has 1 aliphatic heterocycles. The summed E-state index contributed by atoms with van der Waals surface area (Å²) in [5.41, 5.74) is 5.32. The Bertz CT molecular complexity index is 217. The van der Waals surface area contributed by atoms with Gasteiger partial charge < -0.3 is 16.0 Å². The average Bonchev–Trinajstić information content (AvgIpc) is 2.09. The fourth-order valence-corrected chi connectivity index (χ4v) is 1.35. The zero-order valence-electron chi connectivity index (χ0n) is 7.75. The first-order chi connectivity index (χ1) is 6.15. The van der Waals surface area contributed by atoms with Crippen molar-refractivity contribution in [3.8, 4) is 0 Å². The molecule has 1 fully saturated rings.